The Morgan fingerprint density at radius 2 is 2.47 bits per heavy atom. The van der Waals surface area contributed by atoms with E-state index in [1.165, 1.54) is 0 Å². The zero-order valence-electron chi connectivity index (χ0n) is 11.3. The largest absolute Gasteiger partial charge is 0.440 e. The first-order valence-electron chi connectivity index (χ1n) is 6.62. The van der Waals surface area contributed by atoms with Gasteiger partial charge >= 0.3 is 0 Å². The van der Waals surface area contributed by atoms with Gasteiger partial charge in [0.15, 0.2) is 0 Å². The lowest BCUT2D eigenvalue weighted by molar-refractivity contribution is 0.382. The van der Waals surface area contributed by atoms with Crippen LogP contribution in [0.4, 0.5) is 0 Å². The maximum atomic E-state index is 5.75. The molecule has 0 spiro atoms. The monoisotopic (exact) mass is 277 g/mol. The zero-order valence-corrected chi connectivity index (χ0v) is 12.1. The number of thiophene rings is 1. The van der Waals surface area contributed by atoms with E-state index in [9.17, 15) is 0 Å². The van der Waals surface area contributed by atoms with Crippen molar-refractivity contribution < 1.29 is 4.42 Å². The standard InChI is InChI=1S/C14H19N3OS/c1-10-11(8-16-14(2)5-6-15-9-14)17-13(18-10)12-4-3-7-19-12/h3-4,7,15-16H,5-6,8-9H2,1-2H3. The van der Waals surface area contributed by atoms with Crippen LogP contribution < -0.4 is 10.6 Å². The summed E-state index contributed by atoms with van der Waals surface area (Å²) >= 11 is 1.65. The Balaban J connectivity index is 1.71. The van der Waals surface area contributed by atoms with Crippen LogP contribution in [-0.2, 0) is 6.54 Å². The number of hydrogen-bond donors (Lipinski definition) is 2. The van der Waals surface area contributed by atoms with Gasteiger partial charge in [0.25, 0.3) is 0 Å². The maximum Gasteiger partial charge on any atom is 0.236 e. The van der Waals surface area contributed by atoms with Crippen molar-refractivity contribution in [3.63, 3.8) is 0 Å². The molecule has 5 heteroatoms. The third kappa shape index (κ3) is 2.73. The molecule has 0 aliphatic carbocycles. The van der Waals surface area contributed by atoms with Crippen molar-refractivity contribution in [1.82, 2.24) is 15.6 Å². The van der Waals surface area contributed by atoms with Crippen LogP contribution >= 0.6 is 11.3 Å². The van der Waals surface area contributed by atoms with Crippen LogP contribution in [0.3, 0.4) is 0 Å². The van der Waals surface area contributed by atoms with Crippen LogP contribution in [0.2, 0.25) is 0 Å². The summed E-state index contributed by atoms with van der Waals surface area (Å²) in [5.74, 6) is 1.64. The zero-order chi connectivity index (χ0) is 13.3. The summed E-state index contributed by atoms with van der Waals surface area (Å²) in [7, 11) is 0. The molecule has 0 bridgehead atoms. The van der Waals surface area contributed by atoms with E-state index in [2.05, 4.69) is 22.5 Å². The van der Waals surface area contributed by atoms with E-state index < -0.39 is 0 Å². The molecule has 2 aromatic heterocycles. The van der Waals surface area contributed by atoms with Crippen molar-refractivity contribution in [3.8, 4) is 10.8 Å². The second-order valence-electron chi connectivity index (χ2n) is 5.34. The van der Waals surface area contributed by atoms with Crippen molar-refractivity contribution in [2.24, 2.45) is 0 Å². The van der Waals surface area contributed by atoms with E-state index >= 15 is 0 Å². The minimum atomic E-state index is 0.175. The lowest BCUT2D eigenvalue weighted by atomic mass is 10.0. The Bertz CT molecular complexity index is 541. The predicted molar refractivity (Wildman–Crippen MR) is 77.3 cm³/mol. The molecule has 1 unspecified atom stereocenters. The van der Waals surface area contributed by atoms with Gasteiger partial charge in [-0.1, -0.05) is 6.07 Å². The molecule has 102 valence electrons. The van der Waals surface area contributed by atoms with Gasteiger partial charge in [0, 0.05) is 18.6 Å². The molecule has 1 atom stereocenters. The molecule has 0 amide bonds. The number of aromatic nitrogens is 1. The molecule has 1 fully saturated rings. The van der Waals surface area contributed by atoms with E-state index in [4.69, 9.17) is 4.42 Å². The Hall–Kier alpha value is -1.17. The molecular weight excluding hydrogens is 258 g/mol. The topological polar surface area (TPSA) is 50.1 Å². The van der Waals surface area contributed by atoms with Crippen LogP contribution in [0.15, 0.2) is 21.9 Å². The van der Waals surface area contributed by atoms with E-state index in [0.717, 1.165) is 48.3 Å². The Morgan fingerprint density at radius 1 is 1.58 bits per heavy atom. The summed E-state index contributed by atoms with van der Waals surface area (Å²) in [5.41, 5.74) is 1.19. The Morgan fingerprint density at radius 3 is 3.16 bits per heavy atom. The van der Waals surface area contributed by atoms with Crippen molar-refractivity contribution in [1.29, 1.82) is 0 Å². The molecule has 0 saturated carbocycles. The lowest BCUT2D eigenvalue weighted by Gasteiger charge is -2.23. The smallest absolute Gasteiger partial charge is 0.236 e. The average molecular weight is 277 g/mol. The lowest BCUT2D eigenvalue weighted by Crippen LogP contribution is -2.43. The number of aryl methyl sites for hydroxylation is 1. The number of nitrogens with one attached hydrogen (secondary N) is 2. The number of oxazole rings is 1. The summed E-state index contributed by atoms with van der Waals surface area (Å²) in [6.07, 6.45) is 1.15. The molecule has 0 aromatic carbocycles. The highest BCUT2D eigenvalue weighted by Gasteiger charge is 2.28. The summed E-state index contributed by atoms with van der Waals surface area (Å²) in [6, 6.07) is 4.05. The van der Waals surface area contributed by atoms with E-state index in [0.29, 0.717) is 0 Å². The van der Waals surface area contributed by atoms with Gasteiger partial charge in [-0.3, -0.25) is 0 Å². The molecule has 1 aliphatic heterocycles. The molecule has 3 heterocycles. The summed E-state index contributed by atoms with van der Waals surface area (Å²) < 4.78 is 5.75. The summed E-state index contributed by atoms with van der Waals surface area (Å²) in [6.45, 7) is 7.10. The SMILES string of the molecule is Cc1oc(-c2cccs2)nc1CNC1(C)CCNC1. The van der Waals surface area contributed by atoms with Crippen molar-refractivity contribution in [2.45, 2.75) is 32.4 Å². The average Bonchev–Trinajstić information content (AvgIpc) is 3.08. The minimum Gasteiger partial charge on any atom is -0.440 e. The van der Waals surface area contributed by atoms with Crippen molar-refractivity contribution in [2.75, 3.05) is 13.1 Å². The van der Waals surface area contributed by atoms with Gasteiger partial charge in [-0.25, -0.2) is 4.98 Å². The van der Waals surface area contributed by atoms with Crippen LogP contribution in [0.5, 0.6) is 0 Å². The molecule has 0 radical (unpaired) electrons. The molecule has 3 rings (SSSR count). The van der Waals surface area contributed by atoms with Gasteiger partial charge in [-0.05, 0) is 38.3 Å². The van der Waals surface area contributed by atoms with Gasteiger partial charge in [-0.15, -0.1) is 11.3 Å². The van der Waals surface area contributed by atoms with Gasteiger partial charge in [0.05, 0.1) is 10.6 Å². The number of nitrogens with zero attached hydrogens (tertiary/aromatic N) is 1. The summed E-state index contributed by atoms with van der Waals surface area (Å²) in [4.78, 5) is 5.69. The van der Waals surface area contributed by atoms with E-state index in [1.54, 1.807) is 11.3 Å². The number of hydrogen-bond acceptors (Lipinski definition) is 5. The molecule has 19 heavy (non-hydrogen) atoms. The highest BCUT2D eigenvalue weighted by Crippen LogP contribution is 2.26. The van der Waals surface area contributed by atoms with Gasteiger partial charge in [0.2, 0.25) is 5.89 Å². The van der Waals surface area contributed by atoms with Crippen LogP contribution in [-0.4, -0.2) is 23.6 Å². The van der Waals surface area contributed by atoms with Gasteiger partial charge < -0.3 is 15.1 Å². The minimum absolute atomic E-state index is 0.175. The fourth-order valence-electron chi connectivity index (χ4n) is 2.36. The highest BCUT2D eigenvalue weighted by atomic mass is 32.1. The van der Waals surface area contributed by atoms with Crippen LogP contribution in [0, 0.1) is 6.92 Å². The van der Waals surface area contributed by atoms with Crippen molar-refractivity contribution in [3.05, 3.63) is 29.0 Å². The Kier molecular flexibility index (Phi) is 3.43. The fourth-order valence-corrected chi connectivity index (χ4v) is 3.01. The summed E-state index contributed by atoms with van der Waals surface area (Å²) in [5, 5.41) is 9.02. The second-order valence-corrected chi connectivity index (χ2v) is 6.29. The predicted octanol–water partition coefficient (Wildman–Crippen LogP) is 2.55. The first-order valence-corrected chi connectivity index (χ1v) is 7.50. The molecule has 1 aliphatic rings. The quantitative estimate of drug-likeness (QED) is 0.902. The van der Waals surface area contributed by atoms with Gasteiger partial charge in [0.1, 0.15) is 5.76 Å². The Labute approximate surface area is 117 Å². The molecular formula is C14H19N3OS. The van der Waals surface area contributed by atoms with E-state index in [1.807, 2.05) is 24.4 Å². The second kappa shape index (κ2) is 5.07. The first kappa shape index (κ1) is 12.8. The molecule has 2 aromatic rings. The van der Waals surface area contributed by atoms with Crippen LogP contribution in [0.1, 0.15) is 24.8 Å². The molecule has 1 saturated heterocycles. The first-order chi connectivity index (χ1) is 9.16. The van der Waals surface area contributed by atoms with E-state index in [-0.39, 0.29) is 5.54 Å². The third-order valence-corrected chi connectivity index (χ3v) is 4.53. The normalized spacial score (nSPS) is 23.1. The van der Waals surface area contributed by atoms with Gasteiger partial charge in [-0.2, -0.15) is 0 Å². The number of rotatable bonds is 4. The maximum absolute atomic E-state index is 5.75. The molecule has 4 nitrogen and oxygen atoms in total. The highest BCUT2D eigenvalue weighted by molar-refractivity contribution is 7.13. The van der Waals surface area contributed by atoms with Crippen LogP contribution in [0.25, 0.3) is 10.8 Å². The fraction of sp³-hybridized carbons (Fsp3) is 0.500. The third-order valence-electron chi connectivity index (χ3n) is 3.68. The van der Waals surface area contributed by atoms with Crippen molar-refractivity contribution >= 4 is 11.3 Å². The molecule has 2 N–H and O–H groups in total.